The van der Waals surface area contributed by atoms with Gasteiger partial charge in [-0.15, -0.1) is 0 Å². The number of hydrogen-bond donors (Lipinski definition) is 2. The van der Waals surface area contributed by atoms with Crippen LogP contribution >= 0.6 is 0 Å². The number of hydrazone groups is 1. The fourth-order valence-electron chi connectivity index (χ4n) is 3.57. The van der Waals surface area contributed by atoms with Crippen molar-refractivity contribution in [2.45, 2.75) is 6.92 Å². The number of carbonyl (C=O) groups excluding carboxylic acids is 3. The highest BCUT2D eigenvalue weighted by Crippen LogP contribution is 2.29. The van der Waals surface area contributed by atoms with Gasteiger partial charge in [0.15, 0.2) is 11.5 Å². The third-order valence-corrected chi connectivity index (χ3v) is 5.62. The van der Waals surface area contributed by atoms with E-state index in [0.29, 0.717) is 46.0 Å². The molecule has 0 unspecified atom stereocenters. The summed E-state index contributed by atoms with van der Waals surface area (Å²) >= 11 is 0. The number of rotatable bonds is 10. The molecule has 0 aliphatic carbocycles. The normalized spacial score (nSPS) is 10.6. The van der Waals surface area contributed by atoms with Crippen LogP contribution in [-0.4, -0.2) is 37.7 Å². The van der Waals surface area contributed by atoms with Gasteiger partial charge in [-0.2, -0.15) is 5.10 Å². The number of methoxy groups -OCH3 is 1. The Labute approximate surface area is 231 Å². The zero-order valence-electron chi connectivity index (χ0n) is 21.9. The van der Waals surface area contributed by atoms with Crippen molar-refractivity contribution in [3.8, 4) is 17.2 Å². The van der Waals surface area contributed by atoms with E-state index in [2.05, 4.69) is 15.8 Å². The molecule has 4 aromatic rings. The van der Waals surface area contributed by atoms with E-state index in [1.165, 1.54) is 6.21 Å². The molecule has 0 aromatic heterocycles. The van der Waals surface area contributed by atoms with Crippen molar-refractivity contribution in [3.05, 3.63) is 119 Å². The van der Waals surface area contributed by atoms with Gasteiger partial charge in [0.25, 0.3) is 11.8 Å². The van der Waals surface area contributed by atoms with Crippen LogP contribution in [0.25, 0.3) is 0 Å². The summed E-state index contributed by atoms with van der Waals surface area (Å²) in [7, 11) is 1.56. The van der Waals surface area contributed by atoms with Gasteiger partial charge in [0.05, 0.1) is 25.5 Å². The lowest BCUT2D eigenvalue weighted by Crippen LogP contribution is -2.18. The quantitative estimate of drug-likeness (QED) is 0.122. The lowest BCUT2D eigenvalue weighted by atomic mass is 10.1. The first-order valence-corrected chi connectivity index (χ1v) is 12.4. The van der Waals surface area contributed by atoms with Gasteiger partial charge in [-0.05, 0) is 91.3 Å². The molecule has 9 nitrogen and oxygen atoms in total. The molecule has 0 radical (unpaired) electrons. The summed E-state index contributed by atoms with van der Waals surface area (Å²) < 4.78 is 16.2. The number of nitrogens with zero attached hydrogens (tertiary/aromatic N) is 1. The van der Waals surface area contributed by atoms with E-state index < -0.39 is 11.9 Å². The van der Waals surface area contributed by atoms with Crippen molar-refractivity contribution in [1.29, 1.82) is 0 Å². The number of hydrogen-bond acceptors (Lipinski definition) is 7. The highest BCUT2D eigenvalue weighted by atomic mass is 16.6. The van der Waals surface area contributed by atoms with E-state index in [0.717, 1.165) is 0 Å². The van der Waals surface area contributed by atoms with Crippen molar-refractivity contribution >= 4 is 29.7 Å². The molecular formula is C31H27N3O6. The average molecular weight is 538 g/mol. The Balaban J connectivity index is 1.34. The van der Waals surface area contributed by atoms with E-state index in [1.54, 1.807) is 98.1 Å². The fourth-order valence-corrected chi connectivity index (χ4v) is 3.57. The monoisotopic (exact) mass is 537 g/mol. The van der Waals surface area contributed by atoms with Crippen molar-refractivity contribution in [2.24, 2.45) is 5.10 Å². The summed E-state index contributed by atoms with van der Waals surface area (Å²) in [6, 6.07) is 26.8. The van der Waals surface area contributed by atoms with Gasteiger partial charge in [0.1, 0.15) is 5.75 Å². The van der Waals surface area contributed by atoms with Crippen LogP contribution in [0.15, 0.2) is 102 Å². The maximum absolute atomic E-state index is 12.5. The van der Waals surface area contributed by atoms with Gasteiger partial charge in [0.2, 0.25) is 0 Å². The second-order valence-electron chi connectivity index (χ2n) is 8.35. The Morgan fingerprint density at radius 1 is 0.775 bits per heavy atom. The Morgan fingerprint density at radius 2 is 1.45 bits per heavy atom. The van der Waals surface area contributed by atoms with Crippen molar-refractivity contribution in [3.63, 3.8) is 0 Å². The van der Waals surface area contributed by atoms with Crippen LogP contribution in [0.5, 0.6) is 17.2 Å². The van der Waals surface area contributed by atoms with Crippen LogP contribution in [0.1, 0.15) is 43.6 Å². The van der Waals surface area contributed by atoms with Crippen molar-refractivity contribution in [2.75, 3.05) is 19.0 Å². The molecule has 0 fully saturated rings. The topological polar surface area (TPSA) is 115 Å². The predicted octanol–water partition coefficient (Wildman–Crippen LogP) is 5.33. The van der Waals surface area contributed by atoms with Gasteiger partial charge in [0, 0.05) is 16.8 Å². The number of carbonyl (C=O) groups is 3. The molecule has 0 saturated carbocycles. The SMILES string of the molecule is CCOc1cc(/C=N\NC(=O)c2ccc(NC(=O)c3ccc(OC)cc3)cc2)ccc1OC(=O)c1ccccc1. The molecule has 40 heavy (non-hydrogen) atoms. The van der Waals surface area contributed by atoms with Gasteiger partial charge >= 0.3 is 5.97 Å². The van der Waals surface area contributed by atoms with Gasteiger partial charge < -0.3 is 19.5 Å². The second kappa shape index (κ2) is 13.4. The number of benzene rings is 4. The predicted molar refractivity (Wildman–Crippen MR) is 151 cm³/mol. The van der Waals surface area contributed by atoms with E-state index in [4.69, 9.17) is 14.2 Å². The lowest BCUT2D eigenvalue weighted by molar-refractivity contribution is 0.0728. The summed E-state index contributed by atoms with van der Waals surface area (Å²) in [6.07, 6.45) is 1.45. The van der Waals surface area contributed by atoms with Gasteiger partial charge in [-0.25, -0.2) is 10.2 Å². The molecule has 0 atom stereocenters. The summed E-state index contributed by atoms with van der Waals surface area (Å²) in [5.74, 6) is 0.0945. The van der Waals surface area contributed by atoms with Crippen LogP contribution in [-0.2, 0) is 0 Å². The maximum atomic E-state index is 12.5. The number of amides is 2. The van der Waals surface area contributed by atoms with Crippen molar-refractivity contribution in [1.82, 2.24) is 5.43 Å². The Morgan fingerprint density at radius 3 is 2.12 bits per heavy atom. The molecule has 2 amide bonds. The lowest BCUT2D eigenvalue weighted by Gasteiger charge is -2.11. The summed E-state index contributed by atoms with van der Waals surface area (Å²) in [5.41, 5.74) is 4.89. The Kier molecular flexibility index (Phi) is 9.23. The smallest absolute Gasteiger partial charge is 0.343 e. The molecule has 0 aliphatic rings. The van der Waals surface area contributed by atoms with Gasteiger partial charge in [-0.1, -0.05) is 18.2 Å². The molecule has 0 aliphatic heterocycles. The molecule has 0 heterocycles. The van der Waals surface area contributed by atoms with Gasteiger partial charge in [-0.3, -0.25) is 9.59 Å². The number of anilines is 1. The highest BCUT2D eigenvalue weighted by Gasteiger charge is 2.13. The number of esters is 1. The summed E-state index contributed by atoms with van der Waals surface area (Å²) in [5, 5.41) is 6.80. The zero-order chi connectivity index (χ0) is 28.3. The Hall–Kier alpha value is -5.44. The minimum absolute atomic E-state index is 0.274. The van der Waals surface area contributed by atoms with E-state index >= 15 is 0 Å². The highest BCUT2D eigenvalue weighted by molar-refractivity contribution is 6.04. The number of nitrogens with one attached hydrogen (secondary N) is 2. The minimum Gasteiger partial charge on any atom is -0.497 e. The molecule has 0 bridgehead atoms. The summed E-state index contributed by atoms with van der Waals surface area (Å²) in [4.78, 5) is 37.4. The molecule has 0 saturated heterocycles. The average Bonchev–Trinajstić information content (AvgIpc) is 2.99. The molecule has 9 heteroatoms. The maximum Gasteiger partial charge on any atom is 0.343 e. The third kappa shape index (κ3) is 7.32. The van der Waals surface area contributed by atoms with Crippen molar-refractivity contribution < 1.29 is 28.6 Å². The van der Waals surface area contributed by atoms with Crippen LogP contribution in [0, 0.1) is 0 Å². The standard InChI is InChI=1S/C31H27N3O6/c1-3-39-28-19-21(9-18-27(28)40-31(37)24-7-5-4-6-8-24)20-32-34-30(36)23-10-14-25(15-11-23)33-29(35)22-12-16-26(38-2)17-13-22/h4-20H,3H2,1-2H3,(H,33,35)(H,34,36)/b32-20-. The second-order valence-corrected chi connectivity index (χ2v) is 8.35. The molecule has 202 valence electrons. The van der Waals surface area contributed by atoms with E-state index in [1.807, 2.05) is 13.0 Å². The van der Waals surface area contributed by atoms with E-state index in [9.17, 15) is 14.4 Å². The molecule has 0 spiro atoms. The van der Waals surface area contributed by atoms with Crippen LogP contribution in [0.4, 0.5) is 5.69 Å². The molecule has 2 N–H and O–H groups in total. The first-order valence-electron chi connectivity index (χ1n) is 12.4. The molecule has 4 aromatic carbocycles. The first-order chi connectivity index (χ1) is 19.5. The molecule has 4 rings (SSSR count). The molecular weight excluding hydrogens is 510 g/mol. The zero-order valence-corrected chi connectivity index (χ0v) is 21.9. The first kappa shape index (κ1) is 27.6. The fraction of sp³-hybridized carbons (Fsp3) is 0.0968. The minimum atomic E-state index is -0.499. The van der Waals surface area contributed by atoms with Crippen LogP contribution in [0.2, 0.25) is 0 Å². The van der Waals surface area contributed by atoms with Crippen LogP contribution < -0.4 is 25.0 Å². The summed E-state index contributed by atoms with van der Waals surface area (Å²) in [6.45, 7) is 2.18. The largest absolute Gasteiger partial charge is 0.497 e. The third-order valence-electron chi connectivity index (χ3n) is 5.62. The number of ether oxygens (including phenoxy) is 3. The van der Waals surface area contributed by atoms with Crippen LogP contribution in [0.3, 0.4) is 0 Å². The van der Waals surface area contributed by atoms with E-state index in [-0.39, 0.29) is 11.7 Å². The Bertz CT molecular complexity index is 1500.